The first-order valence-corrected chi connectivity index (χ1v) is 2.94. The summed E-state index contributed by atoms with van der Waals surface area (Å²) in [6, 6.07) is 0. The van der Waals surface area contributed by atoms with Crippen LogP contribution in [-0.4, -0.2) is 31.6 Å². The lowest BCUT2D eigenvalue weighted by Gasteiger charge is -1.76. The largest absolute Gasteiger partial charge is 1.00 e. The van der Waals surface area contributed by atoms with Crippen molar-refractivity contribution >= 4 is 0 Å². The van der Waals surface area contributed by atoms with Gasteiger partial charge in [0.2, 0.25) is 0 Å². The van der Waals surface area contributed by atoms with Crippen LogP contribution in [0.4, 0.5) is 0 Å². The highest BCUT2D eigenvalue weighted by molar-refractivity contribution is 3.97. The molecule has 10 N–H and O–H groups in total. The first-order valence-electron chi connectivity index (χ1n) is 2.94. The summed E-state index contributed by atoms with van der Waals surface area (Å²) in [5.74, 6) is 0. The molecule has 0 saturated heterocycles. The van der Waals surface area contributed by atoms with E-state index in [1.54, 1.807) is 0 Å². The second-order valence-electron chi connectivity index (χ2n) is 0.793. The summed E-state index contributed by atoms with van der Waals surface area (Å²) < 4.78 is 0. The number of hydrogen-bond donors (Lipinski definition) is 8. The van der Waals surface area contributed by atoms with Crippen molar-refractivity contribution in [2.45, 2.75) is 22.3 Å². The Morgan fingerprint density at radius 1 is 0.680 bits per heavy atom. The third kappa shape index (κ3) is 43200. The van der Waals surface area contributed by atoms with E-state index in [1.807, 2.05) is 10.6 Å². The van der Waals surface area contributed by atoms with E-state index in [0.717, 1.165) is 0 Å². The van der Waals surface area contributed by atoms with E-state index in [4.69, 9.17) is 55.6 Å². The fourth-order valence-electron chi connectivity index (χ4n) is 0.0333. The smallest absolute Gasteiger partial charge is 0.412 e. The molecule has 22 nitrogen and oxygen atoms in total. The van der Waals surface area contributed by atoms with Crippen molar-refractivity contribution in [3.63, 3.8) is 0 Å². The number of nitroso groups, excluding NO2 is 3. The van der Waals surface area contributed by atoms with Gasteiger partial charge in [0.25, 0.3) is 0 Å². The summed E-state index contributed by atoms with van der Waals surface area (Å²) >= 11 is 0. The highest BCUT2D eigenvalue weighted by Gasteiger charge is 1.59. The van der Waals surface area contributed by atoms with Gasteiger partial charge in [-0.2, -0.15) is 4.91 Å². The van der Waals surface area contributed by atoms with E-state index in [-0.39, 0.29) is 29.2 Å². The van der Waals surface area contributed by atoms with Gasteiger partial charge in [0, 0.05) is 0 Å². The lowest BCUT2D eigenvalue weighted by Crippen LogP contribution is -1.98. The van der Waals surface area contributed by atoms with Gasteiger partial charge in [0.05, 0.1) is 10.6 Å². The summed E-state index contributed by atoms with van der Waals surface area (Å²) in [4.78, 5) is 55.3. The van der Waals surface area contributed by atoms with E-state index in [2.05, 4.69) is 15.6 Å². The molecular formula is C3H23N8O14+. The Morgan fingerprint density at radius 2 is 0.800 bits per heavy atom. The summed E-state index contributed by atoms with van der Waals surface area (Å²) in [5, 5.41) is 41.8. The van der Waals surface area contributed by atoms with Crippen LogP contribution in [-0.2, 0) is 9.98 Å². The second-order valence-corrected chi connectivity index (χ2v) is 0.793. The first kappa shape index (κ1) is 68.5. The molecule has 0 rings (SSSR count). The van der Waals surface area contributed by atoms with Gasteiger partial charge in [-0.15, -0.1) is 35.7 Å². The van der Waals surface area contributed by atoms with Crippen LogP contribution in [0.3, 0.4) is 0 Å². The molecule has 0 spiro atoms. The van der Waals surface area contributed by atoms with Crippen molar-refractivity contribution in [2.24, 2.45) is 26.6 Å². The average molecular weight is 395 g/mol. The van der Waals surface area contributed by atoms with Gasteiger partial charge >= 0.3 is 1.43 Å². The van der Waals surface area contributed by atoms with Crippen LogP contribution in [0.1, 0.15) is 23.7 Å². The standard InChI is InChI=1S/3CH4.2H2N2O3.3HNO2.HNO.H2O/c;;;2*3-1-2-5-4;3*2-1-3;1-2;/h3*1H4;2*4H,(H,2,3);3*(H,2,3);1H;1H2/p+1. The highest BCUT2D eigenvalue weighted by Crippen LogP contribution is 1.46. The molecular weight excluding hydrogens is 372 g/mol. The molecule has 0 radical (unpaired) electrons. The van der Waals surface area contributed by atoms with Crippen molar-refractivity contribution in [1.82, 2.24) is 11.2 Å². The molecule has 25 heavy (non-hydrogen) atoms. The topological polar surface area (TPSA) is 363 Å². The predicted molar refractivity (Wildman–Crippen MR) is 79.0 cm³/mol. The van der Waals surface area contributed by atoms with Crippen molar-refractivity contribution in [2.75, 3.05) is 0 Å². The number of nitrogens with one attached hydrogen (secondary N) is 3. The van der Waals surface area contributed by atoms with Crippen molar-refractivity contribution < 1.29 is 43.0 Å². The molecule has 0 aliphatic heterocycles. The monoisotopic (exact) mass is 395 g/mol. The molecule has 0 aromatic heterocycles. The van der Waals surface area contributed by atoms with Crippen LogP contribution in [0.2, 0.25) is 0 Å². The lowest BCUT2D eigenvalue weighted by molar-refractivity contribution is -0.292. The van der Waals surface area contributed by atoms with Gasteiger partial charge in [-0.05, 0) is 0 Å². The zero-order chi connectivity index (χ0) is 18.4. The molecule has 0 atom stereocenters. The van der Waals surface area contributed by atoms with E-state index in [0.29, 0.717) is 0 Å². The molecule has 158 valence electrons. The molecule has 0 amide bonds. The third-order valence-corrected chi connectivity index (χ3v) is 0.156. The Labute approximate surface area is 139 Å². The quantitative estimate of drug-likeness (QED) is 0.188. The molecule has 22 heteroatoms. The molecule has 0 aliphatic carbocycles. The first-order chi connectivity index (χ1) is 10.1. The minimum absolute atomic E-state index is 0. The summed E-state index contributed by atoms with van der Waals surface area (Å²) in [6.45, 7) is 0. The maximum absolute atomic E-state index is 8.76. The molecule has 0 aromatic rings. The van der Waals surface area contributed by atoms with E-state index < -0.39 is 0 Å². The lowest BCUT2D eigenvalue weighted by atomic mass is 12.0. The Hall–Kier alpha value is -3.60. The zero-order valence-corrected chi connectivity index (χ0v) is 9.74. The van der Waals surface area contributed by atoms with Gasteiger partial charge in [-0.25, -0.2) is 10.5 Å². The maximum Gasteiger partial charge on any atom is 1.00 e. The summed E-state index contributed by atoms with van der Waals surface area (Å²) in [7, 11) is 0. The molecule has 0 fully saturated rings. The Bertz CT molecular complexity index is 179. The third-order valence-electron chi connectivity index (χ3n) is 0.156. The second kappa shape index (κ2) is 263. The van der Waals surface area contributed by atoms with Crippen LogP contribution in [0.15, 0.2) is 26.6 Å². The van der Waals surface area contributed by atoms with Gasteiger partial charge in [0.1, 0.15) is 0 Å². The highest BCUT2D eigenvalue weighted by atomic mass is 17.2. The average Bonchev–Trinajstić information content (AvgIpc) is 2.46. The van der Waals surface area contributed by atoms with Crippen molar-refractivity contribution in [1.29, 1.82) is 5.59 Å². The minimum Gasteiger partial charge on any atom is -0.412 e. The fourth-order valence-corrected chi connectivity index (χ4v) is 0.0333. The Balaban J connectivity index is -0.0000000114. The van der Waals surface area contributed by atoms with Crippen LogP contribution < -0.4 is 11.2 Å². The minimum atomic E-state index is 0. The van der Waals surface area contributed by atoms with E-state index in [9.17, 15) is 0 Å². The SMILES string of the molecule is C.C.C.N=O.O.O=NNOO.O=NNOO.O=NO.O=NO.O=NO.[H+]. The summed E-state index contributed by atoms with van der Waals surface area (Å²) in [6.07, 6.45) is 0. The zero-order valence-electron chi connectivity index (χ0n) is 10.7. The molecule has 0 bridgehead atoms. The van der Waals surface area contributed by atoms with E-state index >= 15 is 0 Å². The van der Waals surface area contributed by atoms with Gasteiger partial charge in [0.15, 0.2) is 16.0 Å². The molecule has 0 unspecified atom stereocenters. The van der Waals surface area contributed by atoms with Crippen molar-refractivity contribution in [3.8, 4) is 0 Å². The van der Waals surface area contributed by atoms with E-state index in [1.165, 1.54) is 27.2 Å². The molecule has 0 aromatic carbocycles. The van der Waals surface area contributed by atoms with Gasteiger partial charge in [-0.1, -0.05) is 37.9 Å². The normalized spacial score (nSPS) is 4.24. The Morgan fingerprint density at radius 3 is 0.800 bits per heavy atom. The fraction of sp³-hybridized carbons (Fsp3) is 1.00. The number of rotatable bonds is 4. The molecule has 0 heterocycles. The van der Waals surface area contributed by atoms with Crippen LogP contribution in [0, 0.1) is 35.0 Å². The predicted octanol–water partition coefficient (Wildman–Crippen LogP) is 1.28. The van der Waals surface area contributed by atoms with Crippen molar-refractivity contribution in [3.05, 3.63) is 29.4 Å². The molecule has 0 saturated carbocycles. The Kier molecular flexibility index (Phi) is 722. The maximum atomic E-state index is 8.76. The number of hydrogen-bond acceptors (Lipinski definition) is 16. The molecule has 0 aliphatic rings. The number of nitrogens with zero attached hydrogens (tertiary/aromatic N) is 5. The van der Waals surface area contributed by atoms with Gasteiger partial charge < -0.3 is 21.1 Å². The van der Waals surface area contributed by atoms with Crippen LogP contribution in [0.5, 0.6) is 0 Å². The summed E-state index contributed by atoms with van der Waals surface area (Å²) in [5.41, 5.74) is 6.97. The van der Waals surface area contributed by atoms with Gasteiger partial charge in [-0.3, -0.25) is 0 Å². The van der Waals surface area contributed by atoms with Crippen LogP contribution in [0.25, 0.3) is 0 Å². The van der Waals surface area contributed by atoms with Crippen LogP contribution >= 0.6 is 0 Å².